The lowest BCUT2D eigenvalue weighted by Crippen LogP contribution is -2.32. The van der Waals surface area contributed by atoms with Gasteiger partial charge in [-0.2, -0.15) is 0 Å². The summed E-state index contributed by atoms with van der Waals surface area (Å²) in [6.07, 6.45) is 4.15. The first-order chi connectivity index (χ1) is 11.9. The molecule has 0 radical (unpaired) electrons. The van der Waals surface area contributed by atoms with Crippen LogP contribution in [0.3, 0.4) is 0 Å². The summed E-state index contributed by atoms with van der Waals surface area (Å²) in [5.41, 5.74) is 1.96. The molecule has 0 bridgehead atoms. The van der Waals surface area contributed by atoms with Crippen LogP contribution in [0.4, 0.5) is 0 Å². The van der Waals surface area contributed by atoms with E-state index >= 15 is 0 Å². The van der Waals surface area contributed by atoms with E-state index in [0.29, 0.717) is 6.42 Å². The summed E-state index contributed by atoms with van der Waals surface area (Å²) in [6.45, 7) is 5.51. The number of aryl methyl sites for hydroxylation is 2. The molecule has 134 valence electrons. The van der Waals surface area contributed by atoms with Gasteiger partial charge in [0.25, 0.3) is 0 Å². The number of amides is 1. The summed E-state index contributed by atoms with van der Waals surface area (Å²) in [5.74, 6) is 0.915. The smallest absolute Gasteiger partial charge is 0.228 e. The minimum Gasteiger partial charge on any atom is -0.332 e. The van der Waals surface area contributed by atoms with Gasteiger partial charge in [-0.25, -0.2) is 15.0 Å². The summed E-state index contributed by atoms with van der Waals surface area (Å²) in [4.78, 5) is 31.5. The van der Waals surface area contributed by atoms with Crippen molar-refractivity contribution in [3.05, 3.63) is 39.4 Å². The van der Waals surface area contributed by atoms with Crippen LogP contribution in [-0.2, 0) is 17.8 Å². The van der Waals surface area contributed by atoms with Crippen molar-refractivity contribution in [3.8, 4) is 0 Å². The van der Waals surface area contributed by atoms with E-state index in [1.807, 2.05) is 38.9 Å². The van der Waals surface area contributed by atoms with Gasteiger partial charge in [-0.05, 0) is 46.9 Å². The summed E-state index contributed by atoms with van der Waals surface area (Å²) in [6, 6.07) is 1.93. The molecule has 7 heteroatoms. The quantitative estimate of drug-likeness (QED) is 0.821. The van der Waals surface area contributed by atoms with Gasteiger partial charge in [0.05, 0.1) is 28.9 Å². The minimum absolute atomic E-state index is 0.0102. The normalized spacial score (nSPS) is 17.5. The van der Waals surface area contributed by atoms with Gasteiger partial charge in [0, 0.05) is 24.2 Å². The highest BCUT2D eigenvalue weighted by atomic mass is 32.1. The number of likely N-dealkylation sites (tertiary alicyclic amines) is 1. The summed E-state index contributed by atoms with van der Waals surface area (Å²) < 4.78 is 0. The standard InChI is InChI=1S/C18H25N5OS/c1-12-16(25-13(2)20-12)10-17(24)23-9-5-6-15(23)18-19-8-7-14(21-18)11-22(3)4/h7-8,15H,5-6,9-11H2,1-4H3. The van der Waals surface area contributed by atoms with Crippen LogP contribution in [0, 0.1) is 13.8 Å². The fourth-order valence-electron chi connectivity index (χ4n) is 3.30. The van der Waals surface area contributed by atoms with Crippen LogP contribution >= 0.6 is 11.3 Å². The van der Waals surface area contributed by atoms with Crippen LogP contribution in [0.25, 0.3) is 0 Å². The zero-order valence-corrected chi connectivity index (χ0v) is 16.1. The molecule has 25 heavy (non-hydrogen) atoms. The van der Waals surface area contributed by atoms with E-state index in [0.717, 1.165) is 53.0 Å². The Hall–Kier alpha value is -1.86. The number of hydrogen-bond donors (Lipinski definition) is 0. The molecule has 0 spiro atoms. The Balaban J connectivity index is 1.76. The van der Waals surface area contributed by atoms with Crippen LogP contribution in [0.2, 0.25) is 0 Å². The van der Waals surface area contributed by atoms with Crippen LogP contribution < -0.4 is 0 Å². The van der Waals surface area contributed by atoms with Gasteiger partial charge in [0.1, 0.15) is 0 Å². The fraction of sp³-hybridized carbons (Fsp3) is 0.556. The second kappa shape index (κ2) is 7.58. The monoisotopic (exact) mass is 359 g/mol. The van der Waals surface area contributed by atoms with E-state index in [1.165, 1.54) is 0 Å². The number of nitrogens with zero attached hydrogens (tertiary/aromatic N) is 5. The number of rotatable bonds is 5. The fourth-order valence-corrected chi connectivity index (χ4v) is 4.22. The van der Waals surface area contributed by atoms with Crippen molar-refractivity contribution >= 4 is 17.2 Å². The highest BCUT2D eigenvalue weighted by molar-refractivity contribution is 7.11. The third kappa shape index (κ3) is 4.22. The first kappa shape index (κ1) is 17.9. The molecule has 0 N–H and O–H groups in total. The Labute approximate surface area is 152 Å². The zero-order valence-electron chi connectivity index (χ0n) is 15.3. The molecule has 0 aromatic carbocycles. The lowest BCUT2D eigenvalue weighted by molar-refractivity contribution is -0.131. The van der Waals surface area contributed by atoms with E-state index in [1.54, 1.807) is 17.5 Å². The number of hydrogen-bond acceptors (Lipinski definition) is 6. The van der Waals surface area contributed by atoms with Crippen LogP contribution in [0.5, 0.6) is 0 Å². The number of aromatic nitrogens is 3. The third-order valence-electron chi connectivity index (χ3n) is 4.39. The lowest BCUT2D eigenvalue weighted by atomic mass is 10.2. The number of carbonyl (C=O) groups excluding carboxylic acids is 1. The van der Waals surface area contributed by atoms with Crippen LogP contribution in [0.1, 0.15) is 46.0 Å². The minimum atomic E-state index is -0.0102. The molecule has 1 atom stereocenters. The van der Waals surface area contributed by atoms with Gasteiger partial charge in [-0.3, -0.25) is 4.79 Å². The molecule has 1 unspecified atom stereocenters. The number of thiazole rings is 1. The van der Waals surface area contributed by atoms with Crippen molar-refractivity contribution in [2.24, 2.45) is 0 Å². The van der Waals surface area contributed by atoms with Crippen molar-refractivity contribution in [1.82, 2.24) is 24.8 Å². The number of carbonyl (C=O) groups is 1. The summed E-state index contributed by atoms with van der Waals surface area (Å²) >= 11 is 1.61. The van der Waals surface area contributed by atoms with Gasteiger partial charge < -0.3 is 9.80 Å². The topological polar surface area (TPSA) is 62.2 Å². The van der Waals surface area contributed by atoms with Gasteiger partial charge >= 0.3 is 0 Å². The highest BCUT2D eigenvalue weighted by Crippen LogP contribution is 2.31. The second-order valence-corrected chi connectivity index (χ2v) is 8.10. The molecular weight excluding hydrogens is 334 g/mol. The molecule has 1 fully saturated rings. The highest BCUT2D eigenvalue weighted by Gasteiger charge is 2.32. The van der Waals surface area contributed by atoms with E-state index < -0.39 is 0 Å². The van der Waals surface area contributed by atoms with Crippen molar-refractivity contribution in [3.63, 3.8) is 0 Å². The van der Waals surface area contributed by atoms with Gasteiger partial charge in [0.2, 0.25) is 5.91 Å². The average Bonchev–Trinajstić information content (AvgIpc) is 3.14. The maximum absolute atomic E-state index is 12.9. The Bertz CT molecular complexity index is 758. The Morgan fingerprint density at radius 3 is 2.84 bits per heavy atom. The molecule has 1 amide bonds. The maximum Gasteiger partial charge on any atom is 0.228 e. The van der Waals surface area contributed by atoms with Crippen molar-refractivity contribution in [1.29, 1.82) is 0 Å². The Morgan fingerprint density at radius 1 is 1.36 bits per heavy atom. The van der Waals surface area contributed by atoms with E-state index in [4.69, 9.17) is 4.98 Å². The molecule has 0 aliphatic carbocycles. The molecule has 3 heterocycles. The van der Waals surface area contributed by atoms with Crippen molar-refractivity contribution in [2.45, 2.75) is 45.7 Å². The zero-order chi connectivity index (χ0) is 18.0. The Kier molecular flexibility index (Phi) is 5.44. The molecule has 1 aliphatic heterocycles. The van der Waals surface area contributed by atoms with E-state index in [-0.39, 0.29) is 11.9 Å². The molecule has 0 saturated carbocycles. The van der Waals surface area contributed by atoms with E-state index in [9.17, 15) is 4.79 Å². The lowest BCUT2D eigenvalue weighted by Gasteiger charge is -2.24. The molecular formula is C18H25N5OS. The maximum atomic E-state index is 12.9. The van der Waals surface area contributed by atoms with Crippen molar-refractivity contribution in [2.75, 3.05) is 20.6 Å². The second-order valence-electron chi connectivity index (χ2n) is 6.81. The molecule has 1 aliphatic rings. The predicted octanol–water partition coefficient (Wildman–Crippen LogP) is 2.52. The van der Waals surface area contributed by atoms with Crippen LogP contribution in [-0.4, -0.2) is 51.3 Å². The molecule has 1 saturated heterocycles. The summed E-state index contributed by atoms with van der Waals surface area (Å²) in [7, 11) is 4.04. The molecule has 3 rings (SSSR count). The predicted molar refractivity (Wildman–Crippen MR) is 98.4 cm³/mol. The van der Waals surface area contributed by atoms with E-state index in [2.05, 4.69) is 14.9 Å². The van der Waals surface area contributed by atoms with Gasteiger partial charge in [-0.15, -0.1) is 11.3 Å². The molecule has 6 nitrogen and oxygen atoms in total. The van der Waals surface area contributed by atoms with Crippen molar-refractivity contribution < 1.29 is 4.79 Å². The van der Waals surface area contributed by atoms with Gasteiger partial charge in [-0.1, -0.05) is 0 Å². The largest absolute Gasteiger partial charge is 0.332 e. The summed E-state index contributed by atoms with van der Waals surface area (Å²) in [5, 5.41) is 1.01. The SMILES string of the molecule is Cc1nc(C)c(CC(=O)N2CCCC2c2nccc(CN(C)C)n2)s1. The Morgan fingerprint density at radius 2 is 2.16 bits per heavy atom. The average molecular weight is 359 g/mol. The first-order valence-corrected chi connectivity index (χ1v) is 9.44. The van der Waals surface area contributed by atoms with Gasteiger partial charge in [0.15, 0.2) is 5.82 Å². The molecule has 2 aromatic heterocycles. The third-order valence-corrected chi connectivity index (χ3v) is 5.47. The molecule has 2 aromatic rings. The first-order valence-electron chi connectivity index (χ1n) is 8.63. The van der Waals surface area contributed by atoms with Crippen LogP contribution in [0.15, 0.2) is 12.3 Å².